The highest BCUT2D eigenvalue weighted by atomic mass is 16.5. The number of aromatic nitrogens is 1. The number of nitrogens with one attached hydrogen (secondary N) is 1. The van der Waals surface area contributed by atoms with Crippen LogP contribution in [-0.2, 0) is 14.4 Å². The highest BCUT2D eigenvalue weighted by molar-refractivity contribution is 5.97. The standard InChI is InChI=1S/C20H30N4O4/c1-4-5-7-16(12-23(28)13-25)20(27)24-9-6-8-17(24)19(26)22-18-11-14(2)10-15(3)21-18/h10-11,13,16-17,28H,4-9,12H2,1-3H3,(H,21,22,26)/t16-,17+/m1/s1. The first-order valence-corrected chi connectivity index (χ1v) is 9.83. The van der Waals surface area contributed by atoms with E-state index in [1.807, 2.05) is 26.8 Å². The van der Waals surface area contributed by atoms with Crippen LogP contribution in [0.15, 0.2) is 12.1 Å². The summed E-state index contributed by atoms with van der Waals surface area (Å²) in [4.78, 5) is 42.5. The van der Waals surface area contributed by atoms with Crippen LogP contribution in [0.3, 0.4) is 0 Å². The number of likely N-dealkylation sites (tertiary alicyclic amines) is 1. The topological polar surface area (TPSA) is 103 Å². The van der Waals surface area contributed by atoms with Gasteiger partial charge in [-0.3, -0.25) is 19.6 Å². The van der Waals surface area contributed by atoms with E-state index >= 15 is 0 Å². The van der Waals surface area contributed by atoms with Crippen molar-refractivity contribution in [3.63, 3.8) is 0 Å². The number of aryl methyl sites for hydroxylation is 2. The van der Waals surface area contributed by atoms with Gasteiger partial charge in [0.15, 0.2) is 0 Å². The van der Waals surface area contributed by atoms with Gasteiger partial charge in [-0.05, 0) is 50.8 Å². The maximum Gasteiger partial charge on any atom is 0.248 e. The fourth-order valence-electron chi connectivity index (χ4n) is 3.66. The highest BCUT2D eigenvalue weighted by Crippen LogP contribution is 2.24. The molecule has 154 valence electrons. The zero-order chi connectivity index (χ0) is 20.7. The number of anilines is 1. The molecule has 8 nitrogen and oxygen atoms in total. The Labute approximate surface area is 165 Å². The van der Waals surface area contributed by atoms with Crippen molar-refractivity contribution in [1.29, 1.82) is 0 Å². The Bertz CT molecular complexity index is 689. The van der Waals surface area contributed by atoms with Gasteiger partial charge in [-0.15, -0.1) is 0 Å². The molecule has 0 spiro atoms. The van der Waals surface area contributed by atoms with Gasteiger partial charge in [-0.1, -0.05) is 19.8 Å². The van der Waals surface area contributed by atoms with Crippen molar-refractivity contribution in [1.82, 2.24) is 14.9 Å². The molecule has 1 aromatic heterocycles. The predicted molar refractivity (Wildman–Crippen MR) is 105 cm³/mol. The molecule has 2 N–H and O–H groups in total. The largest absolute Gasteiger partial charge is 0.330 e. The van der Waals surface area contributed by atoms with E-state index in [1.165, 1.54) is 0 Å². The Kier molecular flexibility index (Phi) is 7.92. The monoisotopic (exact) mass is 390 g/mol. The third-order valence-corrected chi connectivity index (χ3v) is 4.97. The summed E-state index contributed by atoms with van der Waals surface area (Å²) >= 11 is 0. The predicted octanol–water partition coefficient (Wildman–Crippen LogP) is 2.28. The lowest BCUT2D eigenvalue weighted by Gasteiger charge is -2.29. The number of carbonyl (C=O) groups excluding carboxylic acids is 3. The zero-order valence-corrected chi connectivity index (χ0v) is 16.9. The van der Waals surface area contributed by atoms with Crippen LogP contribution in [0.25, 0.3) is 0 Å². The van der Waals surface area contributed by atoms with Crippen LogP contribution in [0.4, 0.5) is 5.82 Å². The number of hydrogen-bond donors (Lipinski definition) is 2. The molecular formula is C20H30N4O4. The minimum absolute atomic E-state index is 0.0637. The molecule has 1 saturated heterocycles. The molecule has 2 rings (SSSR count). The van der Waals surface area contributed by atoms with E-state index in [1.54, 1.807) is 11.0 Å². The number of pyridine rings is 1. The average molecular weight is 390 g/mol. The third kappa shape index (κ3) is 5.76. The lowest BCUT2D eigenvalue weighted by atomic mass is 9.99. The second-order valence-corrected chi connectivity index (χ2v) is 7.42. The summed E-state index contributed by atoms with van der Waals surface area (Å²) in [5.74, 6) is -0.496. The Morgan fingerprint density at radius 2 is 2.18 bits per heavy atom. The lowest BCUT2D eigenvalue weighted by Crippen LogP contribution is -2.47. The minimum Gasteiger partial charge on any atom is -0.330 e. The van der Waals surface area contributed by atoms with Crippen molar-refractivity contribution in [2.75, 3.05) is 18.4 Å². The van der Waals surface area contributed by atoms with Gasteiger partial charge in [0, 0.05) is 12.2 Å². The molecule has 8 heteroatoms. The van der Waals surface area contributed by atoms with Crippen molar-refractivity contribution in [2.45, 2.75) is 58.9 Å². The van der Waals surface area contributed by atoms with Crippen LogP contribution in [0.1, 0.15) is 50.3 Å². The van der Waals surface area contributed by atoms with Gasteiger partial charge < -0.3 is 10.2 Å². The smallest absolute Gasteiger partial charge is 0.248 e. The number of hydroxylamine groups is 2. The van der Waals surface area contributed by atoms with Gasteiger partial charge in [-0.25, -0.2) is 10.0 Å². The van der Waals surface area contributed by atoms with E-state index in [-0.39, 0.29) is 18.4 Å². The molecule has 0 bridgehead atoms. The molecule has 1 fully saturated rings. The molecular weight excluding hydrogens is 360 g/mol. The van der Waals surface area contributed by atoms with Gasteiger partial charge in [0.1, 0.15) is 11.9 Å². The Morgan fingerprint density at radius 1 is 1.43 bits per heavy atom. The fraction of sp³-hybridized carbons (Fsp3) is 0.600. The molecule has 1 aromatic rings. The van der Waals surface area contributed by atoms with E-state index < -0.39 is 12.0 Å². The Balaban J connectivity index is 2.10. The summed E-state index contributed by atoms with van der Waals surface area (Å²) in [6, 6.07) is 3.15. The molecule has 2 heterocycles. The molecule has 2 atom stereocenters. The van der Waals surface area contributed by atoms with Gasteiger partial charge in [-0.2, -0.15) is 0 Å². The number of carbonyl (C=O) groups is 3. The molecule has 0 aromatic carbocycles. The SMILES string of the molecule is CCCC[C@H](CN(O)C=O)C(=O)N1CCC[C@H]1C(=O)Nc1cc(C)cc(C)n1. The fourth-order valence-corrected chi connectivity index (χ4v) is 3.66. The summed E-state index contributed by atoms with van der Waals surface area (Å²) in [5, 5.41) is 12.9. The zero-order valence-electron chi connectivity index (χ0n) is 16.9. The number of rotatable bonds is 9. The van der Waals surface area contributed by atoms with E-state index in [9.17, 15) is 19.6 Å². The molecule has 0 aliphatic carbocycles. The van der Waals surface area contributed by atoms with Gasteiger partial charge >= 0.3 is 0 Å². The number of amides is 3. The highest BCUT2D eigenvalue weighted by Gasteiger charge is 2.37. The Morgan fingerprint density at radius 3 is 2.82 bits per heavy atom. The first kappa shape index (κ1) is 21.8. The van der Waals surface area contributed by atoms with Gasteiger partial charge in [0.05, 0.1) is 12.5 Å². The van der Waals surface area contributed by atoms with Crippen molar-refractivity contribution in [3.05, 3.63) is 23.4 Å². The van der Waals surface area contributed by atoms with Crippen molar-refractivity contribution >= 4 is 24.0 Å². The summed E-state index contributed by atoms with van der Waals surface area (Å²) in [6.07, 6.45) is 3.88. The molecule has 1 aliphatic heterocycles. The number of nitrogens with zero attached hydrogens (tertiary/aromatic N) is 3. The normalized spacial score (nSPS) is 17.3. The Hall–Kier alpha value is -2.48. The van der Waals surface area contributed by atoms with Crippen molar-refractivity contribution in [2.24, 2.45) is 5.92 Å². The molecule has 1 aliphatic rings. The van der Waals surface area contributed by atoms with Crippen LogP contribution < -0.4 is 5.32 Å². The van der Waals surface area contributed by atoms with E-state index in [0.29, 0.717) is 36.7 Å². The summed E-state index contributed by atoms with van der Waals surface area (Å²) in [6.45, 7) is 6.24. The quantitative estimate of drug-likeness (QED) is 0.383. The minimum atomic E-state index is -0.567. The second-order valence-electron chi connectivity index (χ2n) is 7.42. The first-order valence-electron chi connectivity index (χ1n) is 9.83. The van der Waals surface area contributed by atoms with Crippen LogP contribution in [-0.4, -0.2) is 57.5 Å². The molecule has 28 heavy (non-hydrogen) atoms. The van der Waals surface area contributed by atoms with Gasteiger partial charge in [0.2, 0.25) is 18.2 Å². The average Bonchev–Trinajstić information content (AvgIpc) is 3.13. The van der Waals surface area contributed by atoms with E-state index in [0.717, 1.165) is 30.5 Å². The first-order chi connectivity index (χ1) is 13.3. The van der Waals surface area contributed by atoms with Crippen LogP contribution in [0, 0.1) is 19.8 Å². The molecule has 0 radical (unpaired) electrons. The summed E-state index contributed by atoms with van der Waals surface area (Å²) in [5.41, 5.74) is 1.81. The molecule has 0 unspecified atom stereocenters. The van der Waals surface area contributed by atoms with Crippen LogP contribution >= 0.6 is 0 Å². The number of hydrogen-bond acceptors (Lipinski definition) is 5. The van der Waals surface area contributed by atoms with E-state index in [2.05, 4.69) is 10.3 Å². The number of unbranched alkanes of at least 4 members (excludes halogenated alkanes) is 1. The second kappa shape index (κ2) is 10.2. The summed E-state index contributed by atoms with van der Waals surface area (Å²) < 4.78 is 0. The maximum absolute atomic E-state index is 13.1. The van der Waals surface area contributed by atoms with Crippen LogP contribution in [0.2, 0.25) is 0 Å². The maximum atomic E-state index is 13.1. The molecule has 3 amide bonds. The van der Waals surface area contributed by atoms with Gasteiger partial charge in [0.25, 0.3) is 0 Å². The van der Waals surface area contributed by atoms with Crippen LogP contribution in [0.5, 0.6) is 0 Å². The summed E-state index contributed by atoms with van der Waals surface area (Å²) in [7, 11) is 0. The van der Waals surface area contributed by atoms with E-state index in [4.69, 9.17) is 0 Å². The van der Waals surface area contributed by atoms with Crippen molar-refractivity contribution < 1.29 is 19.6 Å². The lowest BCUT2D eigenvalue weighted by molar-refractivity contribution is -0.157. The third-order valence-electron chi connectivity index (χ3n) is 4.97. The molecule has 0 saturated carbocycles. The van der Waals surface area contributed by atoms with Crippen molar-refractivity contribution in [3.8, 4) is 0 Å².